The Morgan fingerprint density at radius 3 is 2.30 bits per heavy atom. The van der Waals surface area contributed by atoms with Gasteiger partial charge in [0, 0.05) is 75.8 Å². The van der Waals surface area contributed by atoms with Crippen molar-refractivity contribution in [2.24, 2.45) is 9.98 Å². The highest BCUT2D eigenvalue weighted by Crippen LogP contribution is 2.59. The number of nitrogens with one attached hydrogen (secondary N) is 1. The lowest BCUT2D eigenvalue weighted by Gasteiger charge is -2.30. The highest BCUT2D eigenvalue weighted by atomic mass is 32.2. The monoisotopic (exact) mass is 641 g/mol. The standard InChI is InChI=1S/C34H31N3O8S/c1-11-8-13-18-21-19(29(39)27(13)36-4)15(38)9-16(43-5)20(21)25-23-22(18)24(17(11)12(2)35-3)31(44-6)30(40)26(23)28-33(32(25)45-7)46-10-14(37-28)34(41)42/h8-9,14,17,36,39-40H,10H2,1-7H3,(H,41,42)/b35-12+. The molecule has 1 heterocycles. The summed E-state index contributed by atoms with van der Waals surface area (Å²) in [5, 5.41) is 40.4. The fourth-order valence-electron chi connectivity index (χ4n) is 7.48. The van der Waals surface area contributed by atoms with Crippen molar-refractivity contribution in [3.8, 4) is 23.0 Å². The van der Waals surface area contributed by atoms with E-state index < -0.39 is 23.7 Å². The summed E-state index contributed by atoms with van der Waals surface area (Å²) < 4.78 is 18.0. The zero-order chi connectivity index (χ0) is 32.9. The quantitative estimate of drug-likeness (QED) is 0.0943. The first-order valence-corrected chi connectivity index (χ1v) is 15.5. The molecule has 2 unspecified atom stereocenters. The minimum atomic E-state index is -1.09. The molecule has 0 bridgehead atoms. The Morgan fingerprint density at radius 1 is 0.978 bits per heavy atom. The number of methoxy groups -OCH3 is 3. The Morgan fingerprint density at radius 2 is 1.70 bits per heavy atom. The summed E-state index contributed by atoms with van der Waals surface area (Å²) in [6.45, 7) is 3.84. The van der Waals surface area contributed by atoms with E-state index in [0.717, 1.165) is 11.3 Å². The second-order valence-electron chi connectivity index (χ2n) is 11.5. The van der Waals surface area contributed by atoms with Gasteiger partial charge in [-0.15, -0.1) is 11.8 Å². The molecular weight excluding hydrogens is 610 g/mol. The number of benzene rings is 4. The predicted octanol–water partition coefficient (Wildman–Crippen LogP) is 5.29. The molecule has 11 nitrogen and oxygen atoms in total. The Kier molecular flexibility index (Phi) is 6.64. The molecule has 1 aliphatic heterocycles. The summed E-state index contributed by atoms with van der Waals surface area (Å²) in [6.07, 6.45) is 3.30. The number of aromatic hydroxyl groups is 2. The fraction of sp³-hybridized carbons (Fsp3) is 0.294. The molecule has 4 N–H and O–H groups in total. The lowest BCUT2D eigenvalue weighted by atomic mass is 9.78. The number of fused-ring (bicyclic) bond motifs is 3. The molecule has 12 heteroatoms. The number of ether oxygens (including phenoxy) is 3. The number of aliphatic imine (C=N–C) groups is 1. The molecule has 0 saturated heterocycles. The summed E-state index contributed by atoms with van der Waals surface area (Å²) in [5.74, 6) is -1.45. The van der Waals surface area contributed by atoms with Gasteiger partial charge in [0.25, 0.3) is 0 Å². The molecule has 46 heavy (non-hydrogen) atoms. The second-order valence-corrected chi connectivity index (χ2v) is 12.5. The molecule has 4 aromatic carbocycles. The van der Waals surface area contributed by atoms with E-state index in [1.54, 1.807) is 14.1 Å². The minimum absolute atomic E-state index is 0.101. The number of rotatable bonds is 6. The average molecular weight is 642 g/mol. The summed E-state index contributed by atoms with van der Waals surface area (Å²) in [4.78, 5) is 35.8. The van der Waals surface area contributed by atoms with Crippen LogP contribution in [0.1, 0.15) is 46.8 Å². The normalized spacial score (nSPS) is 18.7. The number of phenolic OH excluding ortho intramolecular Hbond substituents is 2. The van der Waals surface area contributed by atoms with Crippen molar-refractivity contribution in [3.63, 3.8) is 0 Å². The molecular formula is C34H31N3O8S. The summed E-state index contributed by atoms with van der Waals surface area (Å²) >= 11 is 1.26. The van der Waals surface area contributed by atoms with Crippen LogP contribution in [0.5, 0.6) is 23.0 Å². The molecule has 3 aliphatic rings. The number of carboxylic acid groups (broad SMARTS) is 1. The van der Waals surface area contributed by atoms with Crippen LogP contribution in [0, 0.1) is 0 Å². The molecule has 4 aromatic rings. The Balaban J connectivity index is 1.97. The van der Waals surface area contributed by atoms with Gasteiger partial charge in [-0.3, -0.25) is 14.8 Å². The molecule has 7 rings (SSSR count). The number of nitrogens with zero attached hydrogens (tertiary/aromatic N) is 2. The van der Waals surface area contributed by atoms with Gasteiger partial charge in [0.2, 0.25) is 0 Å². The zero-order valence-electron chi connectivity index (χ0n) is 26.2. The van der Waals surface area contributed by atoms with E-state index >= 15 is 0 Å². The number of hydrogen-bond acceptors (Lipinski definition) is 11. The van der Waals surface area contributed by atoms with Crippen LogP contribution < -0.4 is 20.1 Å². The van der Waals surface area contributed by atoms with E-state index in [4.69, 9.17) is 14.2 Å². The zero-order valence-corrected chi connectivity index (χ0v) is 27.0. The number of phenols is 2. The lowest BCUT2D eigenvalue weighted by Crippen LogP contribution is -2.29. The first-order chi connectivity index (χ1) is 22.1. The Bertz CT molecular complexity index is 2270. The van der Waals surface area contributed by atoms with Gasteiger partial charge in [-0.2, -0.15) is 0 Å². The van der Waals surface area contributed by atoms with Crippen LogP contribution in [0.3, 0.4) is 0 Å². The smallest absolute Gasteiger partial charge is 0.329 e. The van der Waals surface area contributed by atoms with Crippen molar-refractivity contribution >= 4 is 79.1 Å². The van der Waals surface area contributed by atoms with Crippen LogP contribution in [0.2, 0.25) is 0 Å². The van der Waals surface area contributed by atoms with Gasteiger partial charge in [-0.1, -0.05) is 11.6 Å². The van der Waals surface area contributed by atoms with Crippen LogP contribution in [-0.4, -0.2) is 80.0 Å². The van der Waals surface area contributed by atoms with Gasteiger partial charge in [0.15, 0.2) is 29.1 Å². The maximum Gasteiger partial charge on any atom is 0.329 e. The SMILES string of the molecule is C/N=C(\C)C1C(C)=Cc2c(NC)c(O)c3c4c(c5c(OC)c6c(c7c(O)c(OC)c1c(c24)c57)=NC(C(=O)O)CS6)C(OC)=CC3=O. The maximum atomic E-state index is 13.8. The van der Waals surface area contributed by atoms with Crippen LogP contribution in [0.4, 0.5) is 5.69 Å². The first kappa shape index (κ1) is 29.7. The van der Waals surface area contributed by atoms with Crippen molar-refractivity contribution in [1.82, 2.24) is 0 Å². The third-order valence-electron chi connectivity index (χ3n) is 9.34. The van der Waals surface area contributed by atoms with E-state index in [-0.39, 0.29) is 39.7 Å². The third-order valence-corrected chi connectivity index (χ3v) is 10.5. The van der Waals surface area contributed by atoms with Crippen molar-refractivity contribution in [2.75, 3.05) is 46.5 Å². The van der Waals surface area contributed by atoms with Gasteiger partial charge in [0.1, 0.15) is 11.5 Å². The number of hydrogen-bond donors (Lipinski definition) is 4. The van der Waals surface area contributed by atoms with Crippen molar-refractivity contribution < 1.29 is 39.1 Å². The van der Waals surface area contributed by atoms with Gasteiger partial charge in [-0.05, 0) is 19.2 Å². The van der Waals surface area contributed by atoms with E-state index in [1.807, 2.05) is 19.9 Å². The molecule has 0 spiro atoms. The van der Waals surface area contributed by atoms with Crippen molar-refractivity contribution in [3.05, 3.63) is 39.3 Å². The van der Waals surface area contributed by atoms with Gasteiger partial charge < -0.3 is 34.8 Å². The molecule has 236 valence electrons. The maximum absolute atomic E-state index is 13.8. The highest BCUT2D eigenvalue weighted by molar-refractivity contribution is 7.99. The van der Waals surface area contributed by atoms with Crippen LogP contribution >= 0.6 is 11.8 Å². The summed E-state index contributed by atoms with van der Waals surface area (Å²) in [5.41, 5.74) is 3.78. The molecule has 0 amide bonds. The molecule has 0 aromatic heterocycles. The van der Waals surface area contributed by atoms with Crippen molar-refractivity contribution in [2.45, 2.75) is 30.7 Å². The second kappa shape index (κ2) is 10.3. The highest BCUT2D eigenvalue weighted by Gasteiger charge is 2.40. The van der Waals surface area contributed by atoms with E-state index in [1.165, 1.54) is 39.2 Å². The Hall–Kier alpha value is -4.97. The number of carbonyl (C=O) groups is 2. The van der Waals surface area contributed by atoms with Gasteiger partial charge in [-0.25, -0.2) is 4.79 Å². The number of carbonyl (C=O) groups excluding carboxylic acids is 1. The van der Waals surface area contributed by atoms with Gasteiger partial charge in [0.05, 0.1) is 48.2 Å². The third kappa shape index (κ3) is 3.55. The lowest BCUT2D eigenvalue weighted by molar-refractivity contribution is -0.137. The Labute approximate surface area is 267 Å². The number of anilines is 1. The van der Waals surface area contributed by atoms with E-state index in [2.05, 4.69) is 15.3 Å². The first-order valence-electron chi connectivity index (χ1n) is 14.5. The predicted molar refractivity (Wildman–Crippen MR) is 179 cm³/mol. The van der Waals surface area contributed by atoms with Crippen molar-refractivity contribution in [1.29, 1.82) is 0 Å². The largest absolute Gasteiger partial charge is 0.505 e. The van der Waals surface area contributed by atoms with Gasteiger partial charge >= 0.3 is 5.97 Å². The topological polar surface area (TPSA) is 159 Å². The molecule has 0 radical (unpaired) electrons. The number of thioether (sulfide) groups is 1. The summed E-state index contributed by atoms with van der Waals surface area (Å²) in [7, 11) is 7.82. The van der Waals surface area contributed by atoms with Crippen LogP contribution in [-0.2, 0) is 9.53 Å². The molecule has 0 fully saturated rings. The molecule has 2 atom stereocenters. The average Bonchev–Trinajstić information content (AvgIpc) is 3.17. The number of aliphatic carboxylic acids is 1. The molecule has 0 saturated carbocycles. The number of carboxylic acids is 1. The minimum Gasteiger partial charge on any atom is -0.505 e. The van der Waals surface area contributed by atoms with E-state index in [0.29, 0.717) is 65.3 Å². The number of ketones is 1. The number of allylic oxidation sites excluding steroid dienone is 2. The van der Waals surface area contributed by atoms with Crippen LogP contribution in [0.25, 0.3) is 44.2 Å². The fourth-order valence-corrected chi connectivity index (χ4v) is 8.63. The van der Waals surface area contributed by atoms with E-state index in [9.17, 15) is 24.9 Å². The molecule has 2 aliphatic carbocycles. The summed E-state index contributed by atoms with van der Waals surface area (Å²) in [6, 6.07) is -1.06. The van der Waals surface area contributed by atoms with Crippen LogP contribution in [0.15, 0.2) is 26.5 Å².